The number of aliphatic carboxylic acids is 1. The first kappa shape index (κ1) is 16.4. The quantitative estimate of drug-likeness (QED) is 0.857. The third-order valence-corrected chi connectivity index (χ3v) is 5.00. The Morgan fingerprint density at radius 2 is 1.70 bits per heavy atom. The van der Waals surface area contributed by atoms with Crippen LogP contribution in [0.5, 0.6) is 0 Å². The van der Waals surface area contributed by atoms with Crippen molar-refractivity contribution in [1.29, 1.82) is 0 Å². The van der Waals surface area contributed by atoms with Crippen molar-refractivity contribution in [1.82, 2.24) is 4.31 Å². The van der Waals surface area contributed by atoms with E-state index in [4.69, 9.17) is 5.11 Å². The molecule has 0 aliphatic rings. The lowest BCUT2D eigenvalue weighted by atomic mass is 10.1. The van der Waals surface area contributed by atoms with Crippen LogP contribution >= 0.6 is 0 Å². The maximum absolute atomic E-state index is 13.5. The van der Waals surface area contributed by atoms with Crippen LogP contribution in [0, 0.1) is 17.5 Å². The van der Waals surface area contributed by atoms with E-state index in [2.05, 4.69) is 0 Å². The van der Waals surface area contributed by atoms with Gasteiger partial charge in [0.05, 0.1) is 0 Å². The van der Waals surface area contributed by atoms with Gasteiger partial charge in [-0.25, -0.2) is 21.6 Å². The van der Waals surface area contributed by atoms with Crippen molar-refractivity contribution in [3.63, 3.8) is 0 Å². The van der Waals surface area contributed by atoms with Gasteiger partial charge in [0, 0.05) is 7.05 Å². The van der Waals surface area contributed by atoms with Crippen LogP contribution < -0.4 is 0 Å². The van der Waals surface area contributed by atoms with Gasteiger partial charge in [0.2, 0.25) is 10.0 Å². The first-order valence-electron chi connectivity index (χ1n) is 5.30. The van der Waals surface area contributed by atoms with E-state index in [1.807, 2.05) is 0 Å². The maximum atomic E-state index is 13.5. The second-order valence-electron chi connectivity index (χ2n) is 4.51. The molecule has 0 amide bonds. The second kappa shape index (κ2) is 5.06. The third kappa shape index (κ3) is 2.50. The number of benzene rings is 1. The third-order valence-electron chi connectivity index (χ3n) is 2.95. The molecule has 0 aliphatic carbocycles. The van der Waals surface area contributed by atoms with Crippen LogP contribution in [0.1, 0.15) is 13.8 Å². The predicted molar refractivity (Wildman–Crippen MR) is 63.0 cm³/mol. The molecular weight excluding hydrogens is 299 g/mol. The fourth-order valence-electron chi connectivity index (χ4n) is 1.29. The van der Waals surface area contributed by atoms with Crippen molar-refractivity contribution in [2.45, 2.75) is 24.3 Å². The van der Waals surface area contributed by atoms with E-state index >= 15 is 0 Å². The lowest BCUT2D eigenvalue weighted by Crippen LogP contribution is -2.50. The first-order valence-corrected chi connectivity index (χ1v) is 6.74. The highest BCUT2D eigenvalue weighted by atomic mass is 32.2. The Labute approximate surface area is 113 Å². The molecule has 20 heavy (non-hydrogen) atoms. The molecule has 0 bridgehead atoms. The zero-order chi connectivity index (χ0) is 15.9. The molecule has 5 nitrogen and oxygen atoms in total. The highest BCUT2D eigenvalue weighted by molar-refractivity contribution is 7.89. The molecule has 1 aromatic carbocycles. The second-order valence-corrected chi connectivity index (χ2v) is 6.45. The molecule has 0 saturated carbocycles. The summed E-state index contributed by atoms with van der Waals surface area (Å²) in [5.41, 5.74) is -1.89. The molecule has 0 atom stereocenters. The van der Waals surface area contributed by atoms with Gasteiger partial charge in [0.15, 0.2) is 17.5 Å². The summed E-state index contributed by atoms with van der Waals surface area (Å²) < 4.78 is 64.0. The normalized spacial score (nSPS) is 12.8. The van der Waals surface area contributed by atoms with E-state index in [-0.39, 0.29) is 0 Å². The SMILES string of the molecule is CN(C(C)(C)C(=O)O)S(=O)(=O)c1ccc(F)c(F)c1F. The number of carboxylic acids is 1. The highest BCUT2D eigenvalue weighted by Crippen LogP contribution is 2.26. The summed E-state index contributed by atoms with van der Waals surface area (Å²) >= 11 is 0. The summed E-state index contributed by atoms with van der Waals surface area (Å²) in [5, 5.41) is 8.96. The van der Waals surface area contributed by atoms with Crippen LogP contribution in [0.15, 0.2) is 17.0 Å². The number of hydrogen-bond donors (Lipinski definition) is 1. The zero-order valence-electron chi connectivity index (χ0n) is 10.8. The van der Waals surface area contributed by atoms with Crippen molar-refractivity contribution in [2.24, 2.45) is 0 Å². The summed E-state index contributed by atoms with van der Waals surface area (Å²) in [6.45, 7) is 2.15. The Kier molecular flexibility index (Phi) is 4.16. The molecule has 0 saturated heterocycles. The Balaban J connectivity index is 3.46. The summed E-state index contributed by atoms with van der Waals surface area (Å²) in [4.78, 5) is 9.88. The van der Waals surface area contributed by atoms with Gasteiger partial charge in [-0.2, -0.15) is 4.31 Å². The molecule has 0 aromatic heterocycles. The average molecular weight is 311 g/mol. The Morgan fingerprint density at radius 1 is 1.20 bits per heavy atom. The van der Waals surface area contributed by atoms with Gasteiger partial charge >= 0.3 is 5.97 Å². The predicted octanol–water partition coefficient (Wildman–Crippen LogP) is 1.59. The van der Waals surface area contributed by atoms with Gasteiger partial charge in [-0.1, -0.05) is 0 Å². The molecule has 0 aliphatic heterocycles. The number of rotatable bonds is 4. The number of carboxylic acid groups (broad SMARTS) is 1. The molecule has 0 radical (unpaired) electrons. The number of halogens is 3. The van der Waals surface area contributed by atoms with E-state index in [1.54, 1.807) is 0 Å². The molecule has 0 fully saturated rings. The fraction of sp³-hybridized carbons (Fsp3) is 0.364. The van der Waals surface area contributed by atoms with Crippen molar-refractivity contribution in [2.75, 3.05) is 7.05 Å². The van der Waals surface area contributed by atoms with Crippen LogP contribution in [-0.2, 0) is 14.8 Å². The van der Waals surface area contributed by atoms with Gasteiger partial charge < -0.3 is 5.11 Å². The van der Waals surface area contributed by atoms with E-state index in [9.17, 15) is 26.4 Å². The number of carbonyl (C=O) groups is 1. The van der Waals surface area contributed by atoms with Crippen molar-refractivity contribution >= 4 is 16.0 Å². The van der Waals surface area contributed by atoms with Gasteiger partial charge in [-0.15, -0.1) is 0 Å². The standard InChI is InChI=1S/C11H12F3NO4S/c1-11(2,10(16)17)15(3)20(18,19)7-5-4-6(12)8(13)9(7)14/h4-5H,1-3H3,(H,16,17). The maximum Gasteiger partial charge on any atom is 0.324 e. The minimum Gasteiger partial charge on any atom is -0.480 e. The van der Waals surface area contributed by atoms with Gasteiger partial charge in [-0.3, -0.25) is 4.79 Å². The summed E-state index contributed by atoms with van der Waals surface area (Å²) in [7, 11) is -3.73. The number of likely N-dealkylation sites (N-methyl/N-ethyl adjacent to an activating group) is 1. The van der Waals surface area contributed by atoms with E-state index in [0.29, 0.717) is 16.4 Å². The largest absolute Gasteiger partial charge is 0.480 e. The molecule has 112 valence electrons. The summed E-state index contributed by atoms with van der Waals surface area (Å²) in [5.74, 6) is -6.85. The molecule has 9 heteroatoms. The van der Waals surface area contributed by atoms with E-state index in [1.165, 1.54) is 0 Å². The monoisotopic (exact) mass is 311 g/mol. The van der Waals surface area contributed by atoms with Crippen LogP contribution in [-0.4, -0.2) is 36.4 Å². The lowest BCUT2D eigenvalue weighted by Gasteiger charge is -2.30. The summed E-state index contributed by atoms with van der Waals surface area (Å²) in [6, 6.07) is 0.990. The van der Waals surface area contributed by atoms with Crippen LogP contribution in [0.25, 0.3) is 0 Å². The van der Waals surface area contributed by atoms with E-state index < -0.39 is 43.9 Å². The van der Waals surface area contributed by atoms with Crippen molar-refractivity contribution in [3.8, 4) is 0 Å². The number of hydrogen-bond acceptors (Lipinski definition) is 3. The minimum absolute atomic E-state index is 0.373. The van der Waals surface area contributed by atoms with Crippen LogP contribution in [0.3, 0.4) is 0 Å². The molecule has 1 N–H and O–H groups in total. The molecule has 0 heterocycles. The molecular formula is C11H12F3NO4S. The smallest absolute Gasteiger partial charge is 0.324 e. The van der Waals surface area contributed by atoms with Crippen LogP contribution in [0.2, 0.25) is 0 Å². The minimum atomic E-state index is -4.64. The molecule has 1 rings (SSSR count). The van der Waals surface area contributed by atoms with Gasteiger partial charge in [-0.05, 0) is 26.0 Å². The molecule has 0 spiro atoms. The lowest BCUT2D eigenvalue weighted by molar-refractivity contribution is -0.145. The van der Waals surface area contributed by atoms with E-state index in [0.717, 1.165) is 20.9 Å². The van der Waals surface area contributed by atoms with Crippen molar-refractivity contribution < 1.29 is 31.5 Å². The van der Waals surface area contributed by atoms with Gasteiger partial charge in [0.25, 0.3) is 0 Å². The topological polar surface area (TPSA) is 74.7 Å². The average Bonchev–Trinajstić information content (AvgIpc) is 2.34. The van der Waals surface area contributed by atoms with Crippen molar-refractivity contribution in [3.05, 3.63) is 29.6 Å². The Morgan fingerprint density at radius 3 is 2.15 bits per heavy atom. The van der Waals surface area contributed by atoms with Gasteiger partial charge in [0.1, 0.15) is 10.4 Å². The highest BCUT2D eigenvalue weighted by Gasteiger charge is 2.41. The Hall–Kier alpha value is -1.61. The molecule has 0 unspecified atom stereocenters. The fourth-order valence-corrected chi connectivity index (χ4v) is 2.82. The summed E-state index contributed by atoms with van der Waals surface area (Å²) in [6.07, 6.45) is 0. The zero-order valence-corrected chi connectivity index (χ0v) is 11.6. The Bertz CT molecular complexity index is 658. The number of sulfonamides is 1. The molecule has 1 aromatic rings. The number of nitrogens with zero attached hydrogens (tertiary/aromatic N) is 1. The first-order chi connectivity index (χ1) is 8.94. The van der Waals surface area contributed by atoms with Crippen LogP contribution in [0.4, 0.5) is 13.2 Å².